The van der Waals surface area contributed by atoms with Crippen molar-refractivity contribution in [3.63, 3.8) is 0 Å². The Kier molecular flexibility index (Phi) is 10.4. The van der Waals surface area contributed by atoms with Gasteiger partial charge in [0.2, 0.25) is 0 Å². The number of carbonyl (C=O) groups is 2. The van der Waals surface area contributed by atoms with Gasteiger partial charge < -0.3 is 30.4 Å². The van der Waals surface area contributed by atoms with Crippen LogP contribution in [0.3, 0.4) is 0 Å². The highest BCUT2D eigenvalue weighted by molar-refractivity contribution is 6.18. The smallest absolute Gasteiger partial charge is 0.320 e. The van der Waals surface area contributed by atoms with Gasteiger partial charge in [-0.25, -0.2) is 0 Å². The summed E-state index contributed by atoms with van der Waals surface area (Å²) in [5, 5.41) is 0. The Bertz CT molecular complexity index is 1560. The molecular weight excluding hydrogens is 592 g/mol. The highest BCUT2D eigenvalue weighted by Gasteiger charge is 2.45. The number of hydrogen-bond acceptors (Lipinski definition) is 8. The normalized spacial score (nSPS) is 14.0. The van der Waals surface area contributed by atoms with Crippen LogP contribution in [-0.2, 0) is 24.5 Å². The van der Waals surface area contributed by atoms with E-state index in [0.29, 0.717) is 12.4 Å². The molecule has 2 unspecified atom stereocenters. The minimum absolute atomic E-state index is 0.00765. The number of alkyl halides is 1. The molecule has 0 aromatic heterocycles. The van der Waals surface area contributed by atoms with E-state index < -0.39 is 23.5 Å². The first kappa shape index (κ1) is 32.0. The van der Waals surface area contributed by atoms with Gasteiger partial charge in [0.1, 0.15) is 24.2 Å². The van der Waals surface area contributed by atoms with Gasteiger partial charge in [0, 0.05) is 5.92 Å². The van der Waals surface area contributed by atoms with Crippen LogP contribution in [0.4, 0.5) is 0 Å². The lowest BCUT2D eigenvalue weighted by Gasteiger charge is -2.34. The molecule has 0 amide bonds. The molecule has 0 saturated heterocycles. The lowest BCUT2D eigenvalue weighted by molar-refractivity contribution is -0.147. The molecule has 45 heavy (non-hydrogen) atoms. The van der Waals surface area contributed by atoms with E-state index >= 15 is 0 Å². The van der Waals surface area contributed by atoms with Gasteiger partial charge in [0.15, 0.2) is 0 Å². The highest BCUT2D eigenvalue weighted by Crippen LogP contribution is 2.56. The standard InChI is InChI=1S/C36H37ClN2O6/c1-24(22-44-34(40)19-38)21-42-27-14-10-25(11-15-27)36(32-8-4-2-6-30(32)31-7-3-5-9-33(31)36)26-12-16-28(17-13-26)43-23-29(18-37)45-35(41)20-39/h2-17,24,29H,18-23,38-39H2,1H3. The van der Waals surface area contributed by atoms with Crippen LogP contribution in [0.15, 0.2) is 97.1 Å². The number of fused-ring (bicyclic) bond motifs is 3. The number of nitrogens with two attached hydrogens (primary N) is 2. The lowest BCUT2D eigenvalue weighted by atomic mass is 9.68. The third-order valence-corrected chi connectivity index (χ3v) is 8.17. The van der Waals surface area contributed by atoms with Gasteiger partial charge in [-0.05, 0) is 57.6 Å². The molecule has 5 rings (SSSR count). The fraction of sp³-hybridized carbons (Fsp3) is 0.278. The average molecular weight is 629 g/mol. The molecule has 1 aliphatic rings. The second kappa shape index (κ2) is 14.6. The molecule has 4 aromatic rings. The molecule has 1 aliphatic carbocycles. The summed E-state index contributed by atoms with van der Waals surface area (Å²) in [6.07, 6.45) is -0.605. The Morgan fingerprint density at radius 1 is 0.689 bits per heavy atom. The van der Waals surface area contributed by atoms with E-state index in [1.165, 1.54) is 22.3 Å². The van der Waals surface area contributed by atoms with E-state index in [2.05, 4.69) is 72.8 Å². The van der Waals surface area contributed by atoms with Gasteiger partial charge in [0.25, 0.3) is 0 Å². The van der Waals surface area contributed by atoms with E-state index in [1.54, 1.807) is 0 Å². The third-order valence-electron chi connectivity index (χ3n) is 7.83. The molecule has 0 aliphatic heterocycles. The summed E-state index contributed by atoms with van der Waals surface area (Å²) >= 11 is 5.98. The van der Waals surface area contributed by atoms with Crippen molar-refractivity contribution in [3.8, 4) is 22.6 Å². The Labute approximate surface area is 268 Å². The molecule has 0 radical (unpaired) electrons. The fourth-order valence-corrected chi connectivity index (χ4v) is 5.89. The molecule has 9 heteroatoms. The minimum Gasteiger partial charge on any atom is -0.493 e. The van der Waals surface area contributed by atoms with E-state index in [4.69, 9.17) is 42.0 Å². The highest BCUT2D eigenvalue weighted by atomic mass is 35.5. The molecule has 0 heterocycles. The number of halogens is 1. The molecular formula is C36H37ClN2O6. The van der Waals surface area contributed by atoms with Crippen molar-refractivity contribution in [2.75, 3.05) is 38.8 Å². The van der Waals surface area contributed by atoms with Crippen molar-refractivity contribution in [2.45, 2.75) is 18.4 Å². The Balaban J connectivity index is 1.45. The zero-order chi connectivity index (χ0) is 31.8. The summed E-state index contributed by atoms with van der Waals surface area (Å²) in [6.45, 7) is 2.35. The fourth-order valence-electron chi connectivity index (χ4n) is 5.74. The predicted octanol–water partition coefficient (Wildman–Crippen LogP) is 5.05. The van der Waals surface area contributed by atoms with Crippen molar-refractivity contribution in [2.24, 2.45) is 17.4 Å². The maximum absolute atomic E-state index is 11.6. The number of ether oxygens (including phenoxy) is 4. The maximum Gasteiger partial charge on any atom is 0.320 e. The first-order valence-corrected chi connectivity index (χ1v) is 15.4. The van der Waals surface area contributed by atoms with Gasteiger partial charge >= 0.3 is 11.9 Å². The first-order chi connectivity index (χ1) is 21.9. The van der Waals surface area contributed by atoms with Gasteiger partial charge in [-0.2, -0.15) is 0 Å². The van der Waals surface area contributed by atoms with Crippen LogP contribution in [-0.4, -0.2) is 56.8 Å². The summed E-state index contributed by atoms with van der Waals surface area (Å²) in [5.41, 5.74) is 17.0. The van der Waals surface area contributed by atoms with E-state index in [1.807, 2.05) is 31.2 Å². The van der Waals surface area contributed by atoms with Crippen LogP contribution in [0, 0.1) is 5.92 Å². The molecule has 4 N–H and O–H groups in total. The summed E-state index contributed by atoms with van der Waals surface area (Å²) in [6, 6.07) is 33.1. The van der Waals surface area contributed by atoms with E-state index in [0.717, 1.165) is 16.9 Å². The van der Waals surface area contributed by atoms with Gasteiger partial charge in [-0.3, -0.25) is 9.59 Å². The van der Waals surface area contributed by atoms with Crippen LogP contribution in [0.25, 0.3) is 11.1 Å². The summed E-state index contributed by atoms with van der Waals surface area (Å²) < 4.78 is 22.4. The lowest BCUT2D eigenvalue weighted by Crippen LogP contribution is -2.30. The number of carbonyl (C=O) groups excluding carboxylic acids is 2. The Hall–Kier alpha value is -4.37. The van der Waals surface area contributed by atoms with Gasteiger partial charge in [0.05, 0.1) is 37.6 Å². The molecule has 0 bridgehead atoms. The van der Waals surface area contributed by atoms with E-state index in [9.17, 15) is 9.59 Å². The minimum atomic E-state index is -0.605. The molecule has 234 valence electrons. The first-order valence-electron chi connectivity index (χ1n) is 14.9. The average Bonchev–Trinajstić information content (AvgIpc) is 3.39. The molecule has 0 fully saturated rings. The van der Waals surface area contributed by atoms with Crippen LogP contribution >= 0.6 is 11.6 Å². The van der Waals surface area contributed by atoms with E-state index in [-0.39, 0.29) is 38.1 Å². The van der Waals surface area contributed by atoms with Crippen LogP contribution in [0.2, 0.25) is 0 Å². The number of hydrogen-bond donors (Lipinski definition) is 2. The number of rotatable bonds is 14. The molecule has 8 nitrogen and oxygen atoms in total. The summed E-state index contributed by atoms with van der Waals surface area (Å²) in [4.78, 5) is 23.0. The van der Waals surface area contributed by atoms with Crippen molar-refractivity contribution < 1.29 is 28.5 Å². The molecule has 2 atom stereocenters. The van der Waals surface area contributed by atoms with Gasteiger partial charge in [-0.15, -0.1) is 11.6 Å². The second-order valence-corrected chi connectivity index (χ2v) is 11.3. The predicted molar refractivity (Wildman–Crippen MR) is 174 cm³/mol. The Morgan fingerprint density at radius 2 is 1.18 bits per heavy atom. The quantitative estimate of drug-likeness (QED) is 0.129. The largest absolute Gasteiger partial charge is 0.493 e. The van der Waals surface area contributed by atoms with Crippen molar-refractivity contribution in [1.29, 1.82) is 0 Å². The van der Waals surface area contributed by atoms with Crippen molar-refractivity contribution >= 4 is 23.5 Å². The molecule has 0 saturated carbocycles. The third kappa shape index (κ3) is 6.83. The topological polar surface area (TPSA) is 123 Å². The second-order valence-electron chi connectivity index (χ2n) is 11.0. The van der Waals surface area contributed by atoms with Gasteiger partial charge in [-0.1, -0.05) is 79.7 Å². The van der Waals surface area contributed by atoms with Crippen molar-refractivity contribution in [3.05, 3.63) is 119 Å². The number of benzene rings is 4. The molecule has 0 spiro atoms. The SMILES string of the molecule is CC(COC(=O)CN)COc1ccc(C2(c3ccc(OCC(CCl)OC(=O)CN)cc3)c3ccccc3-c3ccccc32)cc1. The zero-order valence-electron chi connectivity index (χ0n) is 25.1. The van der Waals surface area contributed by atoms with Crippen LogP contribution in [0.5, 0.6) is 11.5 Å². The van der Waals surface area contributed by atoms with Crippen molar-refractivity contribution in [1.82, 2.24) is 0 Å². The zero-order valence-corrected chi connectivity index (χ0v) is 25.9. The maximum atomic E-state index is 11.6. The monoisotopic (exact) mass is 628 g/mol. The van der Waals surface area contributed by atoms with Crippen LogP contribution < -0.4 is 20.9 Å². The summed E-state index contributed by atoms with van der Waals surface area (Å²) in [5.74, 6) is 0.495. The molecule has 4 aromatic carbocycles. The van der Waals surface area contributed by atoms with Crippen LogP contribution in [0.1, 0.15) is 29.2 Å². The summed E-state index contributed by atoms with van der Waals surface area (Å²) in [7, 11) is 0. The number of esters is 2. The Morgan fingerprint density at radius 3 is 1.67 bits per heavy atom.